The quantitative estimate of drug-likeness (QED) is 0.523. The number of amides is 1. The Kier molecular flexibility index (Phi) is 6.43. The maximum absolute atomic E-state index is 13.5. The number of nitrogens with one attached hydrogen (secondary N) is 1. The molecule has 2 aromatic heterocycles. The average molecular weight is 462 g/mol. The Hall–Kier alpha value is -3.48. The van der Waals surface area contributed by atoms with Gasteiger partial charge in [0.15, 0.2) is 6.39 Å². The fraction of sp³-hybridized carbons (Fsp3) is 0.370. The van der Waals surface area contributed by atoms with Gasteiger partial charge in [-0.1, -0.05) is 24.3 Å². The summed E-state index contributed by atoms with van der Waals surface area (Å²) in [5.41, 5.74) is 3.51. The monoisotopic (exact) mass is 461 g/mol. The second-order valence-electron chi connectivity index (χ2n) is 9.03. The van der Waals surface area contributed by atoms with E-state index in [1.54, 1.807) is 12.3 Å². The number of fused-ring (bicyclic) bond motifs is 2. The highest BCUT2D eigenvalue weighted by atomic mass is 19.1. The van der Waals surface area contributed by atoms with Crippen molar-refractivity contribution in [3.05, 3.63) is 78.0 Å². The lowest BCUT2D eigenvalue weighted by Gasteiger charge is -2.41. The van der Waals surface area contributed by atoms with Crippen LogP contribution in [0.3, 0.4) is 0 Å². The molecule has 6 nitrogen and oxygen atoms in total. The highest BCUT2D eigenvalue weighted by Crippen LogP contribution is 2.47. The molecule has 1 unspecified atom stereocenters. The number of carbonyl (C=O) groups excluding carboxylic acids is 1. The second-order valence-corrected chi connectivity index (χ2v) is 9.03. The van der Waals surface area contributed by atoms with Crippen LogP contribution in [0.2, 0.25) is 0 Å². The number of carbonyl (C=O) groups is 1. The van der Waals surface area contributed by atoms with Crippen molar-refractivity contribution in [1.82, 2.24) is 15.3 Å². The SMILES string of the molecule is CCOC(=O)N[C@@H]1CC[C@H]2C(/C=C/c3ccc(-c4cccc(F)c4)cn3)c3ocnc3C[C@@H]2C1. The molecule has 3 aromatic rings. The third kappa shape index (κ3) is 4.74. The highest BCUT2D eigenvalue weighted by Gasteiger charge is 2.42. The van der Waals surface area contributed by atoms with Crippen molar-refractivity contribution in [2.24, 2.45) is 11.8 Å². The molecule has 7 heteroatoms. The number of rotatable bonds is 5. The summed E-state index contributed by atoms with van der Waals surface area (Å²) in [6, 6.07) is 10.5. The molecule has 1 amide bonds. The standard InChI is InChI=1S/C27H28FN3O3/c1-2-33-27(32)31-22-9-10-23-19(13-22)14-25-26(34-16-30-25)24(23)11-8-21-7-6-18(15-29-21)17-4-3-5-20(28)12-17/h3-8,11-12,15-16,19,22-24H,2,9-10,13-14H2,1H3,(H,31,32)/b11-8+/t19-,22+,23+,24?/m0/s1. The molecule has 0 radical (unpaired) electrons. The maximum atomic E-state index is 13.5. The summed E-state index contributed by atoms with van der Waals surface area (Å²) < 4.78 is 24.4. The number of oxazole rings is 1. The van der Waals surface area contributed by atoms with Crippen LogP contribution in [0.25, 0.3) is 17.2 Å². The van der Waals surface area contributed by atoms with Crippen LogP contribution in [0.15, 0.2) is 59.5 Å². The van der Waals surface area contributed by atoms with E-state index in [-0.39, 0.29) is 23.9 Å². The molecule has 34 heavy (non-hydrogen) atoms. The second kappa shape index (κ2) is 9.79. The fourth-order valence-corrected chi connectivity index (χ4v) is 5.39. The van der Waals surface area contributed by atoms with Crippen LogP contribution in [-0.4, -0.2) is 28.7 Å². The first-order valence-corrected chi connectivity index (χ1v) is 11.9. The molecule has 0 saturated heterocycles. The minimum Gasteiger partial charge on any atom is -0.450 e. The lowest BCUT2D eigenvalue weighted by atomic mass is 9.65. The van der Waals surface area contributed by atoms with Crippen molar-refractivity contribution >= 4 is 12.2 Å². The molecule has 1 fully saturated rings. The largest absolute Gasteiger partial charge is 0.450 e. The molecule has 176 valence electrons. The third-order valence-electron chi connectivity index (χ3n) is 6.95. The molecule has 2 aliphatic carbocycles. The van der Waals surface area contributed by atoms with Gasteiger partial charge in [-0.3, -0.25) is 4.98 Å². The van der Waals surface area contributed by atoms with E-state index in [2.05, 4.69) is 21.4 Å². The van der Waals surface area contributed by atoms with Crippen molar-refractivity contribution < 1.29 is 18.3 Å². The smallest absolute Gasteiger partial charge is 0.407 e. The molecule has 1 N–H and O–H groups in total. The Bertz CT molecular complexity index is 1170. The van der Waals surface area contributed by atoms with Crippen molar-refractivity contribution in [1.29, 1.82) is 0 Å². The van der Waals surface area contributed by atoms with E-state index in [4.69, 9.17) is 9.15 Å². The zero-order valence-electron chi connectivity index (χ0n) is 19.1. The van der Waals surface area contributed by atoms with Gasteiger partial charge in [0.05, 0.1) is 18.0 Å². The van der Waals surface area contributed by atoms with Gasteiger partial charge in [0.1, 0.15) is 11.6 Å². The number of nitrogens with zero attached hydrogens (tertiary/aromatic N) is 2. The van der Waals surface area contributed by atoms with E-state index in [1.165, 1.54) is 18.5 Å². The van der Waals surface area contributed by atoms with Gasteiger partial charge < -0.3 is 14.5 Å². The first-order valence-electron chi connectivity index (χ1n) is 11.9. The molecule has 4 atom stereocenters. The van der Waals surface area contributed by atoms with Gasteiger partial charge in [-0.25, -0.2) is 14.2 Å². The number of ether oxygens (including phenoxy) is 1. The Morgan fingerprint density at radius 3 is 2.94 bits per heavy atom. The normalized spacial score (nSPS) is 23.8. The van der Waals surface area contributed by atoms with Crippen LogP contribution in [0.1, 0.15) is 49.3 Å². The predicted molar refractivity (Wildman–Crippen MR) is 126 cm³/mol. The van der Waals surface area contributed by atoms with Gasteiger partial charge in [0.2, 0.25) is 0 Å². The van der Waals surface area contributed by atoms with Crippen LogP contribution < -0.4 is 5.32 Å². The first kappa shape index (κ1) is 22.3. The van der Waals surface area contributed by atoms with Gasteiger partial charge >= 0.3 is 6.09 Å². The van der Waals surface area contributed by atoms with Crippen molar-refractivity contribution in [2.45, 2.75) is 44.6 Å². The van der Waals surface area contributed by atoms with Crippen LogP contribution in [0.5, 0.6) is 0 Å². The minimum atomic E-state index is -0.340. The van der Waals surface area contributed by atoms with Crippen LogP contribution >= 0.6 is 0 Å². The molecular weight excluding hydrogens is 433 g/mol. The van der Waals surface area contributed by atoms with Crippen LogP contribution in [-0.2, 0) is 11.2 Å². The summed E-state index contributed by atoms with van der Waals surface area (Å²) >= 11 is 0. The minimum absolute atomic E-state index is 0.115. The lowest BCUT2D eigenvalue weighted by molar-refractivity contribution is 0.126. The summed E-state index contributed by atoms with van der Waals surface area (Å²) in [4.78, 5) is 20.9. The number of halogens is 1. The predicted octanol–water partition coefficient (Wildman–Crippen LogP) is 5.76. The number of hydrogen-bond donors (Lipinski definition) is 1. The number of allylic oxidation sites excluding steroid dienone is 1. The summed E-state index contributed by atoms with van der Waals surface area (Å²) in [6.07, 6.45) is 10.8. The number of pyridine rings is 1. The summed E-state index contributed by atoms with van der Waals surface area (Å²) in [7, 11) is 0. The molecule has 0 aliphatic heterocycles. The Balaban J connectivity index is 1.32. The molecule has 2 heterocycles. The van der Waals surface area contributed by atoms with Crippen molar-refractivity contribution in [3.8, 4) is 11.1 Å². The topological polar surface area (TPSA) is 77.2 Å². The maximum Gasteiger partial charge on any atom is 0.407 e. The summed E-state index contributed by atoms with van der Waals surface area (Å²) in [5, 5.41) is 3.01. The van der Waals surface area contributed by atoms with Gasteiger partial charge in [0.25, 0.3) is 0 Å². The lowest BCUT2D eigenvalue weighted by Crippen LogP contribution is -2.44. The first-order chi connectivity index (χ1) is 16.6. The zero-order chi connectivity index (χ0) is 23.5. The fourth-order valence-electron chi connectivity index (χ4n) is 5.39. The third-order valence-corrected chi connectivity index (χ3v) is 6.95. The highest BCUT2D eigenvalue weighted by molar-refractivity contribution is 5.67. The summed E-state index contributed by atoms with van der Waals surface area (Å²) in [6.45, 7) is 2.18. The molecule has 0 spiro atoms. The van der Waals surface area contributed by atoms with Crippen molar-refractivity contribution in [3.63, 3.8) is 0 Å². The Morgan fingerprint density at radius 1 is 1.24 bits per heavy atom. The van der Waals surface area contributed by atoms with E-state index < -0.39 is 0 Å². The number of hydrogen-bond acceptors (Lipinski definition) is 5. The van der Waals surface area contributed by atoms with Gasteiger partial charge in [-0.15, -0.1) is 0 Å². The number of benzene rings is 1. The van der Waals surface area contributed by atoms with Crippen LogP contribution in [0, 0.1) is 17.7 Å². The van der Waals surface area contributed by atoms with Crippen LogP contribution in [0.4, 0.5) is 9.18 Å². The molecular formula is C27H28FN3O3. The number of alkyl carbamates (subject to hydrolysis) is 1. The van der Waals surface area contributed by atoms with Gasteiger partial charge in [-0.2, -0.15) is 0 Å². The van der Waals surface area contributed by atoms with E-state index in [0.29, 0.717) is 18.4 Å². The molecule has 5 rings (SSSR count). The van der Waals surface area contributed by atoms with E-state index in [0.717, 1.165) is 54.0 Å². The molecule has 0 bridgehead atoms. The zero-order valence-corrected chi connectivity index (χ0v) is 19.1. The molecule has 1 saturated carbocycles. The Morgan fingerprint density at radius 2 is 2.15 bits per heavy atom. The summed E-state index contributed by atoms with van der Waals surface area (Å²) in [5.74, 6) is 1.62. The number of aromatic nitrogens is 2. The van der Waals surface area contributed by atoms with Gasteiger partial charge in [-0.05, 0) is 74.3 Å². The van der Waals surface area contributed by atoms with E-state index in [1.807, 2.05) is 31.2 Å². The van der Waals surface area contributed by atoms with E-state index >= 15 is 0 Å². The molecule has 2 aliphatic rings. The van der Waals surface area contributed by atoms with Gasteiger partial charge in [0, 0.05) is 23.7 Å². The van der Waals surface area contributed by atoms with E-state index in [9.17, 15) is 9.18 Å². The average Bonchev–Trinajstić information content (AvgIpc) is 3.30. The van der Waals surface area contributed by atoms with Crippen molar-refractivity contribution in [2.75, 3.05) is 6.61 Å². The molecule has 1 aromatic carbocycles. The Labute approximate surface area is 198 Å².